The third-order valence-corrected chi connectivity index (χ3v) is 5.15. The van der Waals surface area contributed by atoms with Crippen molar-refractivity contribution in [2.75, 3.05) is 19.0 Å². The Bertz CT molecular complexity index is 981. The number of amides is 2. The summed E-state index contributed by atoms with van der Waals surface area (Å²) in [6.07, 6.45) is 1.06. The van der Waals surface area contributed by atoms with Gasteiger partial charge in [0.15, 0.2) is 0 Å². The Kier molecular flexibility index (Phi) is 6.53. The van der Waals surface area contributed by atoms with Gasteiger partial charge >= 0.3 is 17.5 Å². The molecule has 0 bridgehead atoms. The van der Waals surface area contributed by atoms with Gasteiger partial charge in [0.2, 0.25) is 5.91 Å². The van der Waals surface area contributed by atoms with Crippen LogP contribution in [0.3, 0.4) is 0 Å². The maximum atomic E-state index is 12.7. The fraction of sp³-hybridized carbons (Fsp3) is 0.375. The van der Waals surface area contributed by atoms with E-state index in [1.165, 1.54) is 21.0 Å². The van der Waals surface area contributed by atoms with Crippen LogP contribution in [0.15, 0.2) is 6.20 Å². The fourth-order valence-electron chi connectivity index (χ4n) is 2.46. The number of ether oxygens (including phenoxy) is 2. The van der Waals surface area contributed by atoms with E-state index in [0.29, 0.717) is 5.56 Å². The number of aromatic nitrogens is 2. The Morgan fingerprint density at radius 3 is 2.59 bits per heavy atom. The number of carbonyl (C=O) groups excluding carboxylic acids is 3. The van der Waals surface area contributed by atoms with E-state index in [2.05, 4.69) is 10.4 Å². The topological polar surface area (TPSA) is 169 Å². The van der Waals surface area contributed by atoms with Crippen LogP contribution in [0.4, 0.5) is 10.7 Å². The first-order valence-corrected chi connectivity index (χ1v) is 9.12. The number of esters is 1. The molecule has 2 rings (SSSR count). The molecular weight excluding hydrogens is 406 g/mol. The molecule has 2 amide bonds. The lowest BCUT2D eigenvalue weighted by atomic mass is 10.1. The average Bonchev–Trinajstić information content (AvgIpc) is 3.22. The summed E-state index contributed by atoms with van der Waals surface area (Å²) in [4.78, 5) is 47.0. The van der Waals surface area contributed by atoms with E-state index < -0.39 is 34.4 Å². The molecule has 1 unspecified atom stereocenters. The Morgan fingerprint density at radius 2 is 2.10 bits per heavy atom. The zero-order valence-corrected chi connectivity index (χ0v) is 16.9. The molecule has 13 heteroatoms. The number of carbonyl (C=O) groups is 3. The number of thiophene rings is 1. The molecule has 0 saturated carbocycles. The Balaban J connectivity index is 2.37. The second-order valence-electron chi connectivity index (χ2n) is 5.77. The molecule has 2 heterocycles. The molecule has 0 aliphatic heterocycles. The lowest BCUT2D eigenvalue weighted by Gasteiger charge is -2.12. The van der Waals surface area contributed by atoms with E-state index in [4.69, 9.17) is 15.2 Å². The van der Waals surface area contributed by atoms with Crippen LogP contribution in [-0.4, -0.2) is 46.2 Å². The molecule has 2 aromatic heterocycles. The quantitative estimate of drug-likeness (QED) is 0.365. The highest BCUT2D eigenvalue weighted by molar-refractivity contribution is 7.18. The molecular formula is C16H19N5O7S. The number of nitrogens with one attached hydrogen (secondary N) is 1. The van der Waals surface area contributed by atoms with Crippen LogP contribution >= 0.6 is 11.3 Å². The minimum atomic E-state index is -0.993. The largest absolute Gasteiger partial charge is 0.475 e. The molecule has 0 fully saturated rings. The van der Waals surface area contributed by atoms with E-state index in [1.54, 1.807) is 6.92 Å². The maximum absolute atomic E-state index is 12.7. The van der Waals surface area contributed by atoms with Crippen molar-refractivity contribution in [3.05, 3.63) is 32.3 Å². The van der Waals surface area contributed by atoms with Crippen molar-refractivity contribution in [1.29, 1.82) is 0 Å². The Morgan fingerprint density at radius 1 is 1.45 bits per heavy atom. The Labute approximate surface area is 168 Å². The van der Waals surface area contributed by atoms with Crippen LogP contribution in [0.25, 0.3) is 0 Å². The summed E-state index contributed by atoms with van der Waals surface area (Å²) in [5, 5.41) is 17.5. The molecule has 0 saturated heterocycles. The molecule has 1 atom stereocenters. The van der Waals surface area contributed by atoms with Crippen molar-refractivity contribution in [3.63, 3.8) is 0 Å². The molecule has 0 radical (unpaired) electrons. The number of hydrogen-bond acceptors (Lipinski definition) is 9. The van der Waals surface area contributed by atoms with Crippen LogP contribution in [-0.2, 0) is 9.53 Å². The highest BCUT2D eigenvalue weighted by Crippen LogP contribution is 2.34. The van der Waals surface area contributed by atoms with E-state index >= 15 is 0 Å². The van der Waals surface area contributed by atoms with Gasteiger partial charge in [0.05, 0.1) is 29.1 Å². The molecule has 29 heavy (non-hydrogen) atoms. The summed E-state index contributed by atoms with van der Waals surface area (Å²) in [6.45, 7) is 4.68. The number of anilines is 1. The highest BCUT2D eigenvalue weighted by Gasteiger charge is 2.29. The number of nitro groups is 1. The fourth-order valence-corrected chi connectivity index (χ4v) is 3.51. The molecule has 156 valence electrons. The molecule has 3 N–H and O–H groups in total. The van der Waals surface area contributed by atoms with Crippen LogP contribution < -0.4 is 15.8 Å². The monoisotopic (exact) mass is 425 g/mol. The van der Waals surface area contributed by atoms with Gasteiger partial charge in [0.1, 0.15) is 17.2 Å². The second kappa shape index (κ2) is 8.68. The lowest BCUT2D eigenvalue weighted by Crippen LogP contribution is -2.24. The van der Waals surface area contributed by atoms with Crippen LogP contribution in [0.2, 0.25) is 0 Å². The van der Waals surface area contributed by atoms with E-state index in [9.17, 15) is 24.5 Å². The molecule has 0 spiro atoms. The number of nitrogens with zero attached hydrogens (tertiary/aromatic N) is 3. The minimum Gasteiger partial charge on any atom is -0.475 e. The number of primary amides is 1. The number of rotatable bonds is 8. The lowest BCUT2D eigenvalue weighted by molar-refractivity contribution is -0.385. The molecule has 0 aromatic carbocycles. The van der Waals surface area contributed by atoms with Gasteiger partial charge in [-0.15, -0.1) is 16.4 Å². The van der Waals surface area contributed by atoms with Crippen molar-refractivity contribution >= 4 is 39.8 Å². The summed E-state index contributed by atoms with van der Waals surface area (Å²) in [7, 11) is 1.22. The third-order valence-electron chi connectivity index (χ3n) is 3.93. The predicted octanol–water partition coefficient (Wildman–Crippen LogP) is 1.65. The van der Waals surface area contributed by atoms with Gasteiger partial charge in [-0.05, 0) is 26.3 Å². The van der Waals surface area contributed by atoms with Crippen molar-refractivity contribution in [2.45, 2.75) is 26.8 Å². The first-order chi connectivity index (χ1) is 13.6. The van der Waals surface area contributed by atoms with Crippen molar-refractivity contribution in [1.82, 2.24) is 9.78 Å². The van der Waals surface area contributed by atoms with Crippen LogP contribution in [0, 0.1) is 17.0 Å². The standard InChI is InChI=1S/C16H19N5O7S/c1-5-28-16(24)10-7(2)11(12(17)22)29-15(10)18-13(23)8(3)20-6-9(21(25)26)14(19-20)27-4/h6,8H,5H2,1-4H3,(H2,17,22)(H,18,23). The van der Waals surface area contributed by atoms with Crippen LogP contribution in [0.5, 0.6) is 5.88 Å². The first kappa shape index (κ1) is 21.8. The molecule has 0 aliphatic rings. The molecule has 0 aliphatic carbocycles. The first-order valence-electron chi connectivity index (χ1n) is 8.31. The molecule has 12 nitrogen and oxygen atoms in total. The summed E-state index contributed by atoms with van der Waals surface area (Å²) >= 11 is 0.837. The van der Waals surface area contributed by atoms with Gasteiger partial charge in [0.25, 0.3) is 5.91 Å². The summed E-state index contributed by atoms with van der Waals surface area (Å²) in [6, 6.07) is -0.993. The second-order valence-corrected chi connectivity index (χ2v) is 6.79. The SMILES string of the molecule is CCOC(=O)c1c(NC(=O)C(C)n2cc([N+](=O)[O-])c(OC)n2)sc(C(N)=O)c1C. The van der Waals surface area contributed by atoms with E-state index in [1.807, 2.05) is 0 Å². The van der Waals surface area contributed by atoms with Crippen molar-refractivity contribution in [2.24, 2.45) is 5.73 Å². The number of nitrogens with two attached hydrogens (primary N) is 1. The van der Waals surface area contributed by atoms with Gasteiger partial charge in [-0.3, -0.25) is 19.7 Å². The number of hydrogen-bond donors (Lipinski definition) is 2. The summed E-state index contributed by atoms with van der Waals surface area (Å²) in [5.74, 6) is -2.34. The smallest absolute Gasteiger partial charge is 0.350 e. The summed E-state index contributed by atoms with van der Waals surface area (Å²) in [5.41, 5.74) is 5.25. The third kappa shape index (κ3) is 4.34. The van der Waals surface area contributed by atoms with Gasteiger partial charge in [-0.1, -0.05) is 0 Å². The molecule has 2 aromatic rings. The zero-order valence-electron chi connectivity index (χ0n) is 16.0. The van der Waals surface area contributed by atoms with Gasteiger partial charge in [0, 0.05) is 0 Å². The number of methoxy groups -OCH3 is 1. The predicted molar refractivity (Wildman–Crippen MR) is 102 cm³/mol. The van der Waals surface area contributed by atoms with Gasteiger partial charge in [-0.2, -0.15) is 0 Å². The minimum absolute atomic E-state index is 0.0234. The van der Waals surface area contributed by atoms with E-state index in [-0.39, 0.29) is 27.9 Å². The van der Waals surface area contributed by atoms with Crippen LogP contribution in [0.1, 0.15) is 45.5 Å². The van der Waals surface area contributed by atoms with E-state index in [0.717, 1.165) is 22.2 Å². The van der Waals surface area contributed by atoms with Crippen molar-refractivity contribution < 1.29 is 28.8 Å². The van der Waals surface area contributed by atoms with Gasteiger partial charge in [-0.25, -0.2) is 9.48 Å². The Hall–Kier alpha value is -3.48. The highest BCUT2D eigenvalue weighted by atomic mass is 32.1. The zero-order chi connectivity index (χ0) is 21.9. The summed E-state index contributed by atoms with van der Waals surface area (Å²) < 4.78 is 10.9. The van der Waals surface area contributed by atoms with Crippen molar-refractivity contribution in [3.8, 4) is 5.88 Å². The normalized spacial score (nSPS) is 11.6. The maximum Gasteiger partial charge on any atom is 0.350 e. The average molecular weight is 425 g/mol. The van der Waals surface area contributed by atoms with Gasteiger partial charge < -0.3 is 20.5 Å².